The number of nitrogen functional groups attached to an aromatic ring is 1. The van der Waals surface area contributed by atoms with E-state index in [0.717, 1.165) is 26.0 Å². The number of hydrogen-bond donors (Lipinski definition) is 1. The Kier molecular flexibility index (Phi) is 3.58. The molecule has 0 saturated heterocycles. The van der Waals surface area contributed by atoms with Crippen molar-refractivity contribution < 1.29 is 0 Å². The molecule has 3 aromatic rings. The van der Waals surface area contributed by atoms with Gasteiger partial charge in [0.25, 0.3) is 0 Å². The summed E-state index contributed by atoms with van der Waals surface area (Å²) in [5.74, 6) is 0.725. The minimum atomic E-state index is 0.622. The van der Waals surface area contributed by atoms with E-state index < -0.39 is 0 Å². The molecular formula is C14H10Br2N4. The van der Waals surface area contributed by atoms with E-state index in [4.69, 9.17) is 5.73 Å². The zero-order valence-electron chi connectivity index (χ0n) is 10.3. The van der Waals surface area contributed by atoms with Crippen LogP contribution in [-0.2, 0) is 0 Å². The Labute approximate surface area is 132 Å². The lowest BCUT2D eigenvalue weighted by Gasteiger charge is -2.00. The SMILES string of the molecule is Nc1cn(-c2ccc(Br)cn2)nc1-c1ccc(Br)cc1. The van der Waals surface area contributed by atoms with Crippen LogP contribution < -0.4 is 5.73 Å². The predicted molar refractivity (Wildman–Crippen MR) is 86.6 cm³/mol. The molecule has 100 valence electrons. The summed E-state index contributed by atoms with van der Waals surface area (Å²) in [6.07, 6.45) is 3.50. The zero-order valence-corrected chi connectivity index (χ0v) is 13.5. The third-order valence-electron chi connectivity index (χ3n) is 2.81. The molecule has 1 aromatic carbocycles. The Bertz CT molecular complexity index is 733. The molecule has 2 aromatic heterocycles. The molecule has 3 rings (SSSR count). The van der Waals surface area contributed by atoms with Gasteiger partial charge < -0.3 is 5.73 Å². The Morgan fingerprint density at radius 1 is 0.950 bits per heavy atom. The first-order chi connectivity index (χ1) is 9.63. The molecule has 0 amide bonds. The maximum absolute atomic E-state index is 6.05. The summed E-state index contributed by atoms with van der Waals surface area (Å²) in [6.45, 7) is 0. The van der Waals surface area contributed by atoms with Crippen LogP contribution in [0, 0.1) is 0 Å². The van der Waals surface area contributed by atoms with Crippen molar-refractivity contribution in [1.82, 2.24) is 14.8 Å². The molecule has 0 bridgehead atoms. The summed E-state index contributed by atoms with van der Waals surface area (Å²) < 4.78 is 3.63. The fourth-order valence-corrected chi connectivity index (χ4v) is 2.34. The van der Waals surface area contributed by atoms with Gasteiger partial charge in [0.1, 0.15) is 5.69 Å². The van der Waals surface area contributed by atoms with Gasteiger partial charge in [-0.3, -0.25) is 0 Å². The zero-order chi connectivity index (χ0) is 14.1. The molecule has 6 heteroatoms. The van der Waals surface area contributed by atoms with Gasteiger partial charge in [-0.25, -0.2) is 9.67 Å². The van der Waals surface area contributed by atoms with E-state index >= 15 is 0 Å². The maximum atomic E-state index is 6.05. The molecule has 0 aliphatic carbocycles. The number of nitrogens with two attached hydrogens (primary N) is 1. The summed E-state index contributed by atoms with van der Waals surface area (Å²) in [6, 6.07) is 11.7. The van der Waals surface area contributed by atoms with Crippen molar-refractivity contribution >= 4 is 37.5 Å². The number of aromatic nitrogens is 3. The predicted octanol–water partition coefficient (Wildman–Crippen LogP) is 4.04. The van der Waals surface area contributed by atoms with E-state index in [1.807, 2.05) is 36.4 Å². The first-order valence-corrected chi connectivity index (χ1v) is 7.45. The smallest absolute Gasteiger partial charge is 0.153 e. The second kappa shape index (κ2) is 5.38. The Balaban J connectivity index is 2.02. The topological polar surface area (TPSA) is 56.7 Å². The largest absolute Gasteiger partial charge is 0.396 e. The minimum absolute atomic E-state index is 0.622. The van der Waals surface area contributed by atoms with Gasteiger partial charge in [-0.1, -0.05) is 28.1 Å². The third kappa shape index (κ3) is 2.62. The van der Waals surface area contributed by atoms with Crippen molar-refractivity contribution in [2.24, 2.45) is 0 Å². The molecule has 0 fully saturated rings. The molecule has 0 spiro atoms. The molecule has 0 aliphatic heterocycles. The van der Waals surface area contributed by atoms with Crippen LogP contribution in [0.2, 0.25) is 0 Å². The molecule has 20 heavy (non-hydrogen) atoms. The monoisotopic (exact) mass is 392 g/mol. The first kappa shape index (κ1) is 13.3. The van der Waals surface area contributed by atoms with Crippen molar-refractivity contribution in [3.8, 4) is 17.1 Å². The lowest BCUT2D eigenvalue weighted by atomic mass is 10.1. The van der Waals surface area contributed by atoms with Crippen molar-refractivity contribution in [3.63, 3.8) is 0 Å². The van der Waals surface area contributed by atoms with Gasteiger partial charge in [0, 0.05) is 20.7 Å². The number of pyridine rings is 1. The summed E-state index contributed by atoms with van der Waals surface area (Å²) in [5, 5.41) is 4.51. The van der Waals surface area contributed by atoms with E-state index in [2.05, 4.69) is 41.9 Å². The molecule has 0 atom stereocenters. The fraction of sp³-hybridized carbons (Fsp3) is 0. The number of nitrogens with zero attached hydrogens (tertiary/aromatic N) is 3. The van der Waals surface area contributed by atoms with Crippen LogP contribution >= 0.6 is 31.9 Å². The van der Waals surface area contributed by atoms with Gasteiger partial charge in [-0.15, -0.1) is 0 Å². The van der Waals surface area contributed by atoms with Crippen LogP contribution in [0.15, 0.2) is 57.7 Å². The van der Waals surface area contributed by atoms with Gasteiger partial charge in [-0.2, -0.15) is 5.10 Å². The molecule has 0 radical (unpaired) electrons. The summed E-state index contributed by atoms with van der Waals surface area (Å²) in [4.78, 5) is 4.30. The van der Waals surface area contributed by atoms with Crippen LogP contribution in [0.4, 0.5) is 5.69 Å². The van der Waals surface area contributed by atoms with Crippen LogP contribution in [0.25, 0.3) is 17.1 Å². The standard InChI is InChI=1S/C14H10Br2N4/c15-10-3-1-9(2-4-10)14-12(17)8-20(19-14)13-6-5-11(16)7-18-13/h1-8H,17H2. The van der Waals surface area contributed by atoms with Crippen LogP contribution in [0.5, 0.6) is 0 Å². The fourth-order valence-electron chi connectivity index (χ4n) is 1.84. The van der Waals surface area contributed by atoms with Crippen molar-refractivity contribution in [2.75, 3.05) is 5.73 Å². The van der Waals surface area contributed by atoms with Crippen LogP contribution in [0.3, 0.4) is 0 Å². The van der Waals surface area contributed by atoms with Crippen molar-refractivity contribution in [3.05, 3.63) is 57.7 Å². The molecular weight excluding hydrogens is 384 g/mol. The molecule has 0 unspecified atom stereocenters. The second-order valence-electron chi connectivity index (χ2n) is 4.22. The average Bonchev–Trinajstić information content (AvgIpc) is 2.82. The Morgan fingerprint density at radius 3 is 2.30 bits per heavy atom. The van der Waals surface area contributed by atoms with E-state index in [-0.39, 0.29) is 0 Å². The van der Waals surface area contributed by atoms with Crippen LogP contribution in [0.1, 0.15) is 0 Å². The molecule has 4 nitrogen and oxygen atoms in total. The Morgan fingerprint density at radius 2 is 1.65 bits per heavy atom. The number of hydrogen-bond acceptors (Lipinski definition) is 3. The van der Waals surface area contributed by atoms with Crippen LogP contribution in [-0.4, -0.2) is 14.8 Å². The van der Waals surface area contributed by atoms with Gasteiger partial charge in [0.15, 0.2) is 5.82 Å². The third-order valence-corrected chi connectivity index (χ3v) is 3.80. The number of halogens is 2. The summed E-state index contributed by atoms with van der Waals surface area (Å²) >= 11 is 6.77. The van der Waals surface area contributed by atoms with E-state index in [1.54, 1.807) is 17.1 Å². The van der Waals surface area contributed by atoms with Gasteiger partial charge >= 0.3 is 0 Å². The quantitative estimate of drug-likeness (QED) is 0.714. The van der Waals surface area contributed by atoms with Crippen molar-refractivity contribution in [2.45, 2.75) is 0 Å². The molecule has 0 aliphatic rings. The number of rotatable bonds is 2. The van der Waals surface area contributed by atoms with Crippen molar-refractivity contribution in [1.29, 1.82) is 0 Å². The molecule has 2 N–H and O–H groups in total. The highest BCUT2D eigenvalue weighted by molar-refractivity contribution is 9.10. The summed E-state index contributed by atoms with van der Waals surface area (Å²) in [7, 11) is 0. The maximum Gasteiger partial charge on any atom is 0.153 e. The van der Waals surface area contributed by atoms with E-state index in [1.165, 1.54) is 0 Å². The minimum Gasteiger partial charge on any atom is -0.396 e. The average molecular weight is 394 g/mol. The van der Waals surface area contributed by atoms with E-state index in [9.17, 15) is 0 Å². The highest BCUT2D eigenvalue weighted by atomic mass is 79.9. The Hall–Kier alpha value is -1.66. The van der Waals surface area contributed by atoms with Gasteiger partial charge in [-0.05, 0) is 40.2 Å². The van der Waals surface area contributed by atoms with Gasteiger partial charge in [0.2, 0.25) is 0 Å². The summed E-state index contributed by atoms with van der Waals surface area (Å²) in [5.41, 5.74) is 8.39. The lowest BCUT2D eigenvalue weighted by molar-refractivity contribution is 0.849. The number of benzene rings is 1. The highest BCUT2D eigenvalue weighted by Gasteiger charge is 2.10. The van der Waals surface area contributed by atoms with E-state index in [0.29, 0.717) is 5.69 Å². The van der Waals surface area contributed by atoms with Gasteiger partial charge in [0.05, 0.1) is 11.9 Å². The molecule has 2 heterocycles. The number of anilines is 1. The molecule has 0 saturated carbocycles. The first-order valence-electron chi connectivity index (χ1n) is 5.86. The second-order valence-corrected chi connectivity index (χ2v) is 6.05. The lowest BCUT2D eigenvalue weighted by Crippen LogP contribution is -1.97. The normalized spacial score (nSPS) is 10.7. The highest BCUT2D eigenvalue weighted by Crippen LogP contribution is 2.26.